The van der Waals surface area contributed by atoms with E-state index in [9.17, 15) is 9.50 Å². The molecule has 1 aliphatic rings. The van der Waals surface area contributed by atoms with Crippen LogP contribution in [0.5, 0.6) is 0 Å². The second-order valence-corrected chi connectivity index (χ2v) is 19.3. The van der Waals surface area contributed by atoms with Gasteiger partial charge in [-0.05, 0) is 87.7 Å². The summed E-state index contributed by atoms with van der Waals surface area (Å²) < 4.78 is 57.8. The molecule has 0 bridgehead atoms. The molecule has 1 aliphatic heterocycles. The molecule has 14 heteroatoms. The van der Waals surface area contributed by atoms with Crippen LogP contribution < -0.4 is 0 Å². The van der Waals surface area contributed by atoms with Crippen LogP contribution >= 0.6 is 11.3 Å². The minimum atomic E-state index is -1.94. The van der Waals surface area contributed by atoms with Gasteiger partial charge in [-0.3, -0.25) is 0 Å². The van der Waals surface area contributed by atoms with Crippen LogP contribution in [0.25, 0.3) is 10.4 Å². The van der Waals surface area contributed by atoms with Crippen molar-refractivity contribution >= 4 is 48.9 Å². The third-order valence-corrected chi connectivity index (χ3v) is 11.5. The van der Waals surface area contributed by atoms with E-state index in [4.69, 9.17) is 31.9 Å². The van der Waals surface area contributed by atoms with Crippen molar-refractivity contribution in [3.8, 4) is 10.4 Å². The maximum absolute atomic E-state index is 13.6. The third kappa shape index (κ3) is 7.91. The van der Waals surface area contributed by atoms with Gasteiger partial charge in [-0.2, -0.15) is 0 Å². The van der Waals surface area contributed by atoms with E-state index in [1.807, 2.05) is 56.9 Å². The van der Waals surface area contributed by atoms with Crippen LogP contribution in [0.1, 0.15) is 21.6 Å². The van der Waals surface area contributed by atoms with Gasteiger partial charge in [-0.15, -0.1) is 11.3 Å². The molecule has 1 saturated heterocycles. The van der Waals surface area contributed by atoms with Gasteiger partial charge < -0.3 is 37.0 Å². The fraction of sp³-hybridized carbons (Fsp3) is 0.500. The van der Waals surface area contributed by atoms with Gasteiger partial charge in [-0.1, -0.05) is 24.3 Å². The molecule has 2 heterocycles. The Hall–Kier alpha value is -1.38. The van der Waals surface area contributed by atoms with Crippen molar-refractivity contribution in [2.45, 2.75) is 82.2 Å². The maximum atomic E-state index is 13.6. The van der Waals surface area contributed by atoms with E-state index in [2.05, 4.69) is 19.6 Å². The predicted octanol–water partition coefficient (Wildman–Crippen LogP) is 5.91. The van der Waals surface area contributed by atoms with E-state index >= 15 is 0 Å². The zero-order chi connectivity index (χ0) is 33.7. The van der Waals surface area contributed by atoms with Crippen LogP contribution in [-0.4, -0.2) is 88.0 Å². The van der Waals surface area contributed by atoms with Crippen LogP contribution in [-0.2, 0) is 43.5 Å². The number of thiophene rings is 1. The Bertz CT molecular complexity index is 1420. The Balaban J connectivity index is 1.84. The Labute approximate surface area is 284 Å². The fourth-order valence-electron chi connectivity index (χ4n) is 5.60. The molecule has 0 saturated carbocycles. The standard InChI is InChI=1S/C32H43FO8SSi4/c1-20-10-13-22(18-24(20)32(35-2,36-3)27-17-16-26(42-27)21-11-14-23(33)15-12-21)31(34)30(41-45-6)29(40-44-5)28(39-43-4)25(38-31)19-37-46(7,8)9/h10-18,25,28-30,34H,19H2,1-9H3. The molecule has 8 nitrogen and oxygen atoms in total. The lowest BCUT2D eigenvalue weighted by Gasteiger charge is -2.51. The average molecular weight is 719 g/mol. The van der Waals surface area contributed by atoms with Crippen molar-refractivity contribution in [3.05, 3.63) is 82.0 Å². The average Bonchev–Trinajstić information content (AvgIpc) is 3.52. The summed E-state index contributed by atoms with van der Waals surface area (Å²) in [5.74, 6) is -3.52. The zero-order valence-electron chi connectivity index (χ0n) is 27.8. The molecule has 3 aromatic rings. The highest BCUT2D eigenvalue weighted by Crippen LogP contribution is 2.45. The summed E-state index contributed by atoms with van der Waals surface area (Å²) in [6.45, 7) is 14.3. The summed E-state index contributed by atoms with van der Waals surface area (Å²) in [6, 6.07) is 15.9. The molecule has 5 unspecified atom stereocenters. The molecular formula is C32H43FO8SSi4. The highest BCUT2D eigenvalue weighted by atomic mass is 32.1. The minimum Gasteiger partial charge on any atom is -0.415 e. The van der Waals surface area contributed by atoms with Gasteiger partial charge >= 0.3 is 0 Å². The molecule has 5 atom stereocenters. The summed E-state index contributed by atoms with van der Waals surface area (Å²) in [7, 11) is 1.59. The van der Waals surface area contributed by atoms with Gasteiger partial charge in [0.2, 0.25) is 40.9 Å². The van der Waals surface area contributed by atoms with E-state index in [1.54, 1.807) is 26.4 Å². The molecule has 46 heavy (non-hydrogen) atoms. The molecule has 2 aromatic carbocycles. The fourth-order valence-corrected chi connectivity index (χ4v) is 9.08. The normalized spacial score (nSPS) is 24.0. The van der Waals surface area contributed by atoms with Crippen molar-refractivity contribution in [2.75, 3.05) is 20.8 Å². The summed E-state index contributed by atoms with van der Waals surface area (Å²) in [5.41, 5.74) is 2.92. The molecule has 1 N–H and O–H groups in total. The topological polar surface area (TPSA) is 84.8 Å². The largest absolute Gasteiger partial charge is 0.415 e. The second kappa shape index (κ2) is 15.9. The van der Waals surface area contributed by atoms with Crippen LogP contribution in [0.4, 0.5) is 4.39 Å². The molecule has 248 valence electrons. The smallest absolute Gasteiger partial charge is 0.231 e. The van der Waals surface area contributed by atoms with Gasteiger partial charge in [0.1, 0.15) is 30.2 Å². The molecule has 0 spiro atoms. The van der Waals surface area contributed by atoms with Gasteiger partial charge in [-0.25, -0.2) is 4.39 Å². The highest BCUT2D eigenvalue weighted by molar-refractivity contribution is 7.15. The van der Waals surface area contributed by atoms with Crippen molar-refractivity contribution in [2.24, 2.45) is 0 Å². The van der Waals surface area contributed by atoms with Crippen molar-refractivity contribution in [1.82, 2.24) is 0 Å². The monoisotopic (exact) mass is 718 g/mol. The van der Waals surface area contributed by atoms with Gasteiger partial charge in [0, 0.05) is 30.2 Å². The van der Waals surface area contributed by atoms with E-state index in [0.717, 1.165) is 20.9 Å². The lowest BCUT2D eigenvalue weighted by atomic mass is 9.85. The molecular weight excluding hydrogens is 676 g/mol. The number of halogens is 1. The maximum Gasteiger partial charge on any atom is 0.231 e. The Kier molecular flexibility index (Phi) is 12.9. The first-order chi connectivity index (χ1) is 21.9. The lowest BCUT2D eigenvalue weighted by Crippen LogP contribution is -2.66. The zero-order valence-corrected chi connectivity index (χ0v) is 32.6. The summed E-state index contributed by atoms with van der Waals surface area (Å²) >= 11 is 1.49. The Morgan fingerprint density at radius 1 is 0.913 bits per heavy atom. The number of benzene rings is 2. The SMILES string of the molecule is COC(OC)(c1ccc(-c2ccc(F)cc2)s1)c1cc(C2(O)OC(CO[Si](C)(C)C)C(O[Si]C)C(O[Si]C)C2O[Si]C)ccc1C. The van der Waals surface area contributed by atoms with E-state index in [0.29, 0.717) is 11.1 Å². The number of ether oxygens (including phenoxy) is 3. The van der Waals surface area contributed by atoms with E-state index in [1.165, 1.54) is 23.5 Å². The highest BCUT2D eigenvalue weighted by Gasteiger charge is 2.57. The Morgan fingerprint density at radius 3 is 2.13 bits per heavy atom. The lowest BCUT2D eigenvalue weighted by molar-refractivity contribution is -0.346. The summed E-state index contributed by atoms with van der Waals surface area (Å²) in [4.78, 5) is 1.71. The number of hydrogen-bond donors (Lipinski definition) is 1. The van der Waals surface area contributed by atoms with Crippen LogP contribution in [0.15, 0.2) is 54.6 Å². The van der Waals surface area contributed by atoms with Crippen molar-refractivity contribution in [1.29, 1.82) is 0 Å². The molecule has 0 amide bonds. The van der Waals surface area contributed by atoms with Gasteiger partial charge in [0.25, 0.3) is 0 Å². The summed E-state index contributed by atoms with van der Waals surface area (Å²) in [6.07, 6.45) is -2.64. The summed E-state index contributed by atoms with van der Waals surface area (Å²) in [5, 5.41) is 12.7. The number of rotatable bonds is 15. The first-order valence-electron chi connectivity index (χ1n) is 15.0. The molecule has 4 rings (SSSR count). The number of aliphatic hydroxyl groups is 1. The van der Waals surface area contributed by atoms with Gasteiger partial charge in [0.05, 0.1) is 11.5 Å². The molecule has 6 radical (unpaired) electrons. The van der Waals surface area contributed by atoms with Crippen molar-refractivity contribution < 1.29 is 41.4 Å². The molecule has 0 aliphatic carbocycles. The van der Waals surface area contributed by atoms with E-state index in [-0.39, 0.29) is 41.7 Å². The predicted molar refractivity (Wildman–Crippen MR) is 183 cm³/mol. The van der Waals surface area contributed by atoms with Crippen molar-refractivity contribution in [3.63, 3.8) is 0 Å². The first kappa shape index (κ1) is 37.4. The van der Waals surface area contributed by atoms with Crippen LogP contribution in [0, 0.1) is 12.7 Å². The van der Waals surface area contributed by atoms with Gasteiger partial charge in [0.15, 0.2) is 8.32 Å². The molecule has 1 fully saturated rings. The number of hydrogen-bond acceptors (Lipinski definition) is 9. The van der Waals surface area contributed by atoms with Crippen LogP contribution in [0.2, 0.25) is 39.3 Å². The number of aryl methyl sites for hydroxylation is 1. The first-order valence-corrected chi connectivity index (χ1v) is 23.4. The second-order valence-electron chi connectivity index (χ2n) is 11.8. The minimum absolute atomic E-state index is 0.0504. The van der Waals surface area contributed by atoms with Crippen LogP contribution in [0.3, 0.4) is 0 Å². The third-order valence-electron chi connectivity index (χ3n) is 7.78. The van der Waals surface area contributed by atoms with E-state index < -0.39 is 44.3 Å². The Morgan fingerprint density at radius 2 is 1.54 bits per heavy atom. The molecule has 1 aromatic heterocycles. The quantitative estimate of drug-likeness (QED) is 0.154. The number of methoxy groups -OCH3 is 2.